The lowest BCUT2D eigenvalue weighted by Gasteiger charge is -2.29. The van der Waals surface area contributed by atoms with Crippen molar-refractivity contribution < 1.29 is 4.74 Å². The molecular formula is C15H24N2OS. The molecule has 1 N–H and O–H groups in total. The largest absolute Gasteiger partial charge is 0.379 e. The van der Waals surface area contributed by atoms with Gasteiger partial charge in [0.1, 0.15) is 0 Å². The van der Waals surface area contributed by atoms with Gasteiger partial charge in [0.05, 0.1) is 13.2 Å². The van der Waals surface area contributed by atoms with E-state index >= 15 is 0 Å². The van der Waals surface area contributed by atoms with Crippen molar-refractivity contribution >= 4 is 11.8 Å². The summed E-state index contributed by atoms with van der Waals surface area (Å²) in [6.45, 7) is 8.19. The molecule has 1 atom stereocenters. The van der Waals surface area contributed by atoms with E-state index in [-0.39, 0.29) is 0 Å². The minimum Gasteiger partial charge on any atom is -0.379 e. The van der Waals surface area contributed by atoms with Gasteiger partial charge in [-0.1, -0.05) is 12.1 Å². The SMILES string of the molecule is CSc1ccc(CN[C@@H](C)CN2CCOCC2)cc1. The fourth-order valence-electron chi connectivity index (χ4n) is 2.27. The Bertz CT molecular complexity index is 363. The Labute approximate surface area is 120 Å². The second kappa shape index (κ2) is 7.90. The number of nitrogens with zero attached hydrogens (tertiary/aromatic N) is 1. The van der Waals surface area contributed by atoms with Crippen LogP contribution in [0.4, 0.5) is 0 Å². The smallest absolute Gasteiger partial charge is 0.0594 e. The van der Waals surface area contributed by atoms with Crippen LogP contribution in [0.3, 0.4) is 0 Å². The topological polar surface area (TPSA) is 24.5 Å². The second-order valence-electron chi connectivity index (χ2n) is 5.04. The molecule has 3 nitrogen and oxygen atoms in total. The minimum atomic E-state index is 0.512. The zero-order valence-corrected chi connectivity index (χ0v) is 12.7. The van der Waals surface area contributed by atoms with E-state index in [0.717, 1.165) is 39.4 Å². The highest BCUT2D eigenvalue weighted by molar-refractivity contribution is 7.98. The van der Waals surface area contributed by atoms with Gasteiger partial charge in [-0.3, -0.25) is 4.90 Å². The summed E-state index contributed by atoms with van der Waals surface area (Å²) < 4.78 is 5.37. The van der Waals surface area contributed by atoms with Crippen LogP contribution in [-0.2, 0) is 11.3 Å². The molecule has 1 aliphatic rings. The monoisotopic (exact) mass is 280 g/mol. The molecule has 0 unspecified atom stereocenters. The van der Waals surface area contributed by atoms with Gasteiger partial charge in [-0.05, 0) is 30.9 Å². The second-order valence-corrected chi connectivity index (χ2v) is 5.92. The molecule has 1 aromatic carbocycles. The number of ether oxygens (including phenoxy) is 1. The van der Waals surface area contributed by atoms with Crippen molar-refractivity contribution in [3.05, 3.63) is 29.8 Å². The van der Waals surface area contributed by atoms with E-state index in [4.69, 9.17) is 4.74 Å². The van der Waals surface area contributed by atoms with Crippen LogP contribution in [0, 0.1) is 0 Å². The molecule has 0 amide bonds. The quantitative estimate of drug-likeness (QED) is 0.808. The third kappa shape index (κ3) is 5.15. The van der Waals surface area contributed by atoms with Gasteiger partial charge in [0.25, 0.3) is 0 Å². The molecule has 1 heterocycles. The number of benzene rings is 1. The van der Waals surface area contributed by atoms with Gasteiger partial charge in [-0.25, -0.2) is 0 Å². The number of nitrogens with one attached hydrogen (secondary N) is 1. The van der Waals surface area contributed by atoms with Crippen LogP contribution in [0.15, 0.2) is 29.2 Å². The summed E-state index contributed by atoms with van der Waals surface area (Å²) in [5.41, 5.74) is 1.35. The maximum absolute atomic E-state index is 5.37. The van der Waals surface area contributed by atoms with Crippen LogP contribution < -0.4 is 5.32 Å². The van der Waals surface area contributed by atoms with Crippen LogP contribution in [0.5, 0.6) is 0 Å². The lowest BCUT2D eigenvalue weighted by atomic mass is 10.2. The Hall–Kier alpha value is -0.550. The van der Waals surface area contributed by atoms with Crippen LogP contribution in [0.1, 0.15) is 12.5 Å². The summed E-state index contributed by atoms with van der Waals surface area (Å²) >= 11 is 1.79. The minimum absolute atomic E-state index is 0.512. The lowest BCUT2D eigenvalue weighted by molar-refractivity contribution is 0.0343. The average Bonchev–Trinajstić information content (AvgIpc) is 2.47. The van der Waals surface area contributed by atoms with Crippen molar-refractivity contribution in [3.63, 3.8) is 0 Å². The lowest BCUT2D eigenvalue weighted by Crippen LogP contribution is -2.44. The number of hydrogen-bond acceptors (Lipinski definition) is 4. The molecule has 19 heavy (non-hydrogen) atoms. The van der Waals surface area contributed by atoms with E-state index in [1.807, 2.05) is 0 Å². The van der Waals surface area contributed by atoms with Gasteiger partial charge in [-0.2, -0.15) is 0 Å². The average molecular weight is 280 g/mol. The molecule has 0 aromatic heterocycles. The molecule has 0 radical (unpaired) electrons. The molecule has 4 heteroatoms. The van der Waals surface area contributed by atoms with E-state index in [9.17, 15) is 0 Å². The Kier molecular flexibility index (Phi) is 6.17. The van der Waals surface area contributed by atoms with Crippen LogP contribution in [0.2, 0.25) is 0 Å². The molecule has 1 aromatic rings. The van der Waals surface area contributed by atoms with Crippen LogP contribution in [-0.4, -0.2) is 50.0 Å². The molecular weight excluding hydrogens is 256 g/mol. The zero-order chi connectivity index (χ0) is 13.5. The third-order valence-electron chi connectivity index (χ3n) is 3.45. The normalized spacial score (nSPS) is 18.4. The van der Waals surface area contributed by atoms with E-state index in [2.05, 4.69) is 47.7 Å². The maximum Gasteiger partial charge on any atom is 0.0594 e. The van der Waals surface area contributed by atoms with Crippen molar-refractivity contribution in [2.45, 2.75) is 24.4 Å². The number of rotatable bonds is 6. The highest BCUT2D eigenvalue weighted by Gasteiger charge is 2.13. The van der Waals surface area contributed by atoms with Gasteiger partial charge >= 0.3 is 0 Å². The highest BCUT2D eigenvalue weighted by atomic mass is 32.2. The molecule has 0 bridgehead atoms. The highest BCUT2D eigenvalue weighted by Crippen LogP contribution is 2.14. The van der Waals surface area contributed by atoms with Crippen molar-refractivity contribution in [3.8, 4) is 0 Å². The van der Waals surface area contributed by atoms with Crippen LogP contribution in [0.25, 0.3) is 0 Å². The fraction of sp³-hybridized carbons (Fsp3) is 0.600. The number of morpholine rings is 1. The maximum atomic E-state index is 5.37. The third-order valence-corrected chi connectivity index (χ3v) is 4.19. The van der Waals surface area contributed by atoms with E-state index in [0.29, 0.717) is 6.04 Å². The first-order valence-corrected chi connectivity index (χ1v) is 8.17. The van der Waals surface area contributed by atoms with Gasteiger partial charge < -0.3 is 10.1 Å². The van der Waals surface area contributed by atoms with Crippen molar-refractivity contribution in [1.82, 2.24) is 10.2 Å². The predicted molar refractivity (Wildman–Crippen MR) is 81.8 cm³/mol. The molecule has 1 fully saturated rings. The summed E-state index contributed by atoms with van der Waals surface area (Å²) in [4.78, 5) is 3.79. The molecule has 1 saturated heterocycles. The van der Waals surface area contributed by atoms with Crippen LogP contribution >= 0.6 is 11.8 Å². The standard InChI is InChI=1S/C15H24N2OS/c1-13(12-17-7-9-18-10-8-17)16-11-14-3-5-15(19-2)6-4-14/h3-6,13,16H,7-12H2,1-2H3/t13-/m0/s1. The first-order chi connectivity index (χ1) is 9.28. The first kappa shape index (κ1) is 14.9. The van der Waals surface area contributed by atoms with Gasteiger partial charge in [0, 0.05) is 37.1 Å². The van der Waals surface area contributed by atoms with Gasteiger partial charge in [0.2, 0.25) is 0 Å². The van der Waals surface area contributed by atoms with E-state index in [1.54, 1.807) is 11.8 Å². The molecule has 1 aliphatic heterocycles. The Balaban J connectivity index is 1.71. The van der Waals surface area contributed by atoms with E-state index < -0.39 is 0 Å². The van der Waals surface area contributed by atoms with Crippen molar-refractivity contribution in [2.24, 2.45) is 0 Å². The Morgan fingerprint density at radius 2 is 1.95 bits per heavy atom. The number of hydrogen-bond donors (Lipinski definition) is 1. The summed E-state index contributed by atoms with van der Waals surface area (Å²) in [6.07, 6.45) is 2.11. The fourth-order valence-corrected chi connectivity index (χ4v) is 2.68. The molecule has 106 valence electrons. The summed E-state index contributed by atoms with van der Waals surface area (Å²) in [5.74, 6) is 0. The van der Waals surface area contributed by atoms with Crippen molar-refractivity contribution in [1.29, 1.82) is 0 Å². The first-order valence-electron chi connectivity index (χ1n) is 6.94. The summed E-state index contributed by atoms with van der Waals surface area (Å²) in [7, 11) is 0. The summed E-state index contributed by atoms with van der Waals surface area (Å²) in [6, 6.07) is 9.31. The van der Waals surface area contributed by atoms with Crippen molar-refractivity contribution in [2.75, 3.05) is 39.1 Å². The molecule has 0 aliphatic carbocycles. The molecule has 0 saturated carbocycles. The Morgan fingerprint density at radius 3 is 2.58 bits per heavy atom. The predicted octanol–water partition coefficient (Wildman–Crippen LogP) is 2.22. The molecule has 2 rings (SSSR count). The van der Waals surface area contributed by atoms with E-state index in [1.165, 1.54) is 10.5 Å². The number of thioether (sulfide) groups is 1. The molecule has 0 spiro atoms. The summed E-state index contributed by atoms with van der Waals surface area (Å²) in [5, 5.41) is 3.59. The zero-order valence-electron chi connectivity index (χ0n) is 11.9. The Morgan fingerprint density at radius 1 is 1.26 bits per heavy atom. The van der Waals surface area contributed by atoms with Gasteiger partial charge in [-0.15, -0.1) is 11.8 Å². The van der Waals surface area contributed by atoms with Gasteiger partial charge in [0.15, 0.2) is 0 Å².